The van der Waals surface area contributed by atoms with E-state index in [1.807, 2.05) is 41.1 Å². The van der Waals surface area contributed by atoms with Crippen LogP contribution in [-0.4, -0.2) is 35.2 Å². The van der Waals surface area contributed by atoms with Gasteiger partial charge >= 0.3 is 0 Å². The highest BCUT2D eigenvalue weighted by Crippen LogP contribution is 2.39. The van der Waals surface area contributed by atoms with Crippen molar-refractivity contribution in [1.82, 2.24) is 29.3 Å². The third kappa shape index (κ3) is 4.55. The van der Waals surface area contributed by atoms with Crippen LogP contribution in [0.2, 0.25) is 0 Å². The van der Waals surface area contributed by atoms with Crippen molar-refractivity contribution in [2.75, 3.05) is 5.32 Å². The van der Waals surface area contributed by atoms with Gasteiger partial charge in [0.2, 0.25) is 0 Å². The van der Waals surface area contributed by atoms with E-state index in [0.717, 1.165) is 35.6 Å². The quantitative estimate of drug-likeness (QED) is 0.415. The summed E-state index contributed by atoms with van der Waals surface area (Å²) in [4.78, 5) is 21.7. The van der Waals surface area contributed by atoms with Crippen molar-refractivity contribution in [2.24, 2.45) is 0 Å². The summed E-state index contributed by atoms with van der Waals surface area (Å²) in [5, 5.41) is 11.4. The summed E-state index contributed by atoms with van der Waals surface area (Å²) < 4.78 is 4.02. The predicted octanol–water partition coefficient (Wildman–Crippen LogP) is 5.02. The second-order valence-corrected chi connectivity index (χ2v) is 8.61. The third-order valence-corrected chi connectivity index (χ3v) is 6.01. The van der Waals surface area contributed by atoms with Crippen LogP contribution in [0.5, 0.6) is 0 Å². The Morgan fingerprint density at radius 2 is 2.06 bits per heavy atom. The van der Waals surface area contributed by atoms with Crippen molar-refractivity contribution in [3.63, 3.8) is 0 Å². The summed E-state index contributed by atoms with van der Waals surface area (Å²) in [7, 11) is 0. The number of hydrogen-bond donors (Lipinski definition) is 1. The van der Waals surface area contributed by atoms with Crippen molar-refractivity contribution in [2.45, 2.75) is 51.5 Å². The average Bonchev–Trinajstić information content (AvgIpc) is 3.35. The number of rotatable bonds is 8. The molecule has 1 fully saturated rings. The molecule has 3 heterocycles. The minimum Gasteiger partial charge on any atom is -0.321 e. The molecule has 4 aromatic rings. The molecule has 0 bridgehead atoms. The van der Waals surface area contributed by atoms with E-state index in [2.05, 4.69) is 43.9 Å². The topological polar surface area (TPSA) is 90.5 Å². The molecule has 168 valence electrons. The monoisotopic (exact) mass is 441 g/mol. The van der Waals surface area contributed by atoms with E-state index in [1.165, 1.54) is 12.8 Å². The van der Waals surface area contributed by atoms with Crippen LogP contribution in [0.25, 0.3) is 17.1 Å². The fourth-order valence-electron chi connectivity index (χ4n) is 4.03. The first-order chi connectivity index (χ1) is 16.1. The molecule has 3 aromatic heterocycles. The first-order valence-corrected chi connectivity index (χ1v) is 11.4. The fourth-order valence-corrected chi connectivity index (χ4v) is 4.03. The summed E-state index contributed by atoms with van der Waals surface area (Å²) in [6.07, 6.45) is 11.8. The lowest BCUT2D eigenvalue weighted by atomic mass is 10.1. The molecule has 1 aliphatic carbocycles. The largest absolute Gasteiger partial charge is 0.321 e. The third-order valence-electron chi connectivity index (χ3n) is 6.01. The van der Waals surface area contributed by atoms with Gasteiger partial charge in [0.05, 0.1) is 17.7 Å². The molecular formula is C25H27N7O. The van der Waals surface area contributed by atoms with Gasteiger partial charge in [-0.3, -0.25) is 9.78 Å². The Kier molecular flexibility index (Phi) is 5.73. The Balaban J connectivity index is 1.34. The van der Waals surface area contributed by atoms with Crippen LogP contribution in [-0.2, 0) is 0 Å². The number of imidazole rings is 1. The maximum Gasteiger partial charge on any atom is 0.274 e. The predicted molar refractivity (Wildman–Crippen MR) is 126 cm³/mol. The average molecular weight is 442 g/mol. The van der Waals surface area contributed by atoms with Gasteiger partial charge in [-0.2, -0.15) is 0 Å². The van der Waals surface area contributed by atoms with Crippen LogP contribution in [0.1, 0.15) is 67.7 Å². The van der Waals surface area contributed by atoms with E-state index < -0.39 is 0 Å². The molecule has 0 aliphatic heterocycles. The zero-order chi connectivity index (χ0) is 22.8. The molecule has 0 spiro atoms. The van der Waals surface area contributed by atoms with E-state index in [0.29, 0.717) is 23.3 Å². The Labute approximate surface area is 192 Å². The number of amides is 1. The summed E-state index contributed by atoms with van der Waals surface area (Å²) in [5.74, 6) is 1.11. The summed E-state index contributed by atoms with van der Waals surface area (Å²) in [6.45, 7) is 4.33. The first-order valence-electron chi connectivity index (χ1n) is 11.4. The van der Waals surface area contributed by atoms with Gasteiger partial charge in [-0.25, -0.2) is 4.98 Å². The second kappa shape index (κ2) is 8.97. The van der Waals surface area contributed by atoms with Crippen molar-refractivity contribution < 1.29 is 4.79 Å². The Morgan fingerprint density at radius 3 is 2.88 bits per heavy atom. The standard InChI is InChI=1S/C25H27N7O/c1-3-5-17(2)32-16-28-30-24(32)19-6-4-7-20(12-19)29-25(33)22-13-21(10-11-26-22)31-14-23(27-15-31)18-8-9-18/h4,6-7,10-18H,3,5,8-9H2,1-2H3,(H,29,33)/t17-/m0/s1. The van der Waals surface area contributed by atoms with Gasteiger partial charge in [-0.15, -0.1) is 10.2 Å². The lowest BCUT2D eigenvalue weighted by Crippen LogP contribution is -2.14. The highest BCUT2D eigenvalue weighted by molar-refractivity contribution is 6.03. The molecule has 0 unspecified atom stereocenters. The van der Waals surface area contributed by atoms with Crippen molar-refractivity contribution in [3.05, 3.63) is 72.8 Å². The van der Waals surface area contributed by atoms with Crippen LogP contribution >= 0.6 is 0 Å². The molecule has 0 radical (unpaired) electrons. The number of nitrogens with zero attached hydrogens (tertiary/aromatic N) is 6. The van der Waals surface area contributed by atoms with Gasteiger partial charge < -0.3 is 14.5 Å². The summed E-state index contributed by atoms with van der Waals surface area (Å²) >= 11 is 0. The maximum atomic E-state index is 12.9. The number of carbonyl (C=O) groups is 1. The Bertz CT molecular complexity index is 1270. The maximum absolute atomic E-state index is 12.9. The molecule has 8 nitrogen and oxygen atoms in total. The molecular weight excluding hydrogens is 414 g/mol. The number of pyridine rings is 1. The lowest BCUT2D eigenvalue weighted by Gasteiger charge is -2.15. The zero-order valence-electron chi connectivity index (χ0n) is 18.8. The summed E-state index contributed by atoms with van der Waals surface area (Å²) in [5.41, 5.74) is 3.90. The van der Waals surface area contributed by atoms with Crippen LogP contribution in [0.3, 0.4) is 0 Å². The molecule has 1 amide bonds. The smallest absolute Gasteiger partial charge is 0.274 e. The number of aromatic nitrogens is 6. The number of nitrogens with one attached hydrogen (secondary N) is 1. The SMILES string of the molecule is CCC[C@H](C)n1cnnc1-c1cccc(NC(=O)c2cc(-n3cnc(C4CC4)c3)ccn2)c1. The number of hydrogen-bond acceptors (Lipinski definition) is 5. The van der Waals surface area contributed by atoms with Crippen molar-refractivity contribution in [3.8, 4) is 17.1 Å². The number of carbonyl (C=O) groups excluding carboxylic acids is 1. The van der Waals surface area contributed by atoms with Crippen molar-refractivity contribution >= 4 is 11.6 Å². The van der Waals surface area contributed by atoms with Gasteiger partial charge in [-0.1, -0.05) is 25.5 Å². The number of anilines is 1. The van der Waals surface area contributed by atoms with Crippen LogP contribution in [0.4, 0.5) is 5.69 Å². The first kappa shape index (κ1) is 21.1. The molecule has 5 rings (SSSR count). The molecule has 33 heavy (non-hydrogen) atoms. The van der Waals surface area contributed by atoms with Gasteiger partial charge in [0.25, 0.3) is 5.91 Å². The van der Waals surface area contributed by atoms with E-state index in [1.54, 1.807) is 24.9 Å². The van der Waals surface area contributed by atoms with Gasteiger partial charge in [-0.05, 0) is 50.5 Å². The Morgan fingerprint density at radius 1 is 1.18 bits per heavy atom. The molecule has 1 atom stereocenters. The highest BCUT2D eigenvalue weighted by atomic mass is 16.1. The number of benzene rings is 1. The van der Waals surface area contributed by atoms with E-state index >= 15 is 0 Å². The molecule has 1 N–H and O–H groups in total. The molecule has 1 aromatic carbocycles. The minimum absolute atomic E-state index is 0.266. The summed E-state index contributed by atoms with van der Waals surface area (Å²) in [6, 6.07) is 11.6. The van der Waals surface area contributed by atoms with Gasteiger partial charge in [0.15, 0.2) is 5.82 Å². The molecule has 1 saturated carbocycles. The lowest BCUT2D eigenvalue weighted by molar-refractivity contribution is 0.102. The zero-order valence-corrected chi connectivity index (χ0v) is 18.8. The van der Waals surface area contributed by atoms with Gasteiger partial charge in [0, 0.05) is 35.6 Å². The van der Waals surface area contributed by atoms with Crippen LogP contribution in [0, 0.1) is 0 Å². The van der Waals surface area contributed by atoms with Crippen molar-refractivity contribution in [1.29, 1.82) is 0 Å². The fraction of sp³-hybridized carbons (Fsp3) is 0.320. The molecule has 8 heteroatoms. The normalized spacial score (nSPS) is 14.2. The van der Waals surface area contributed by atoms with E-state index in [-0.39, 0.29) is 5.91 Å². The van der Waals surface area contributed by atoms with E-state index in [9.17, 15) is 4.79 Å². The molecule has 1 aliphatic rings. The van der Waals surface area contributed by atoms with Crippen LogP contribution in [0.15, 0.2) is 61.4 Å². The highest BCUT2D eigenvalue weighted by Gasteiger charge is 2.25. The second-order valence-electron chi connectivity index (χ2n) is 8.61. The van der Waals surface area contributed by atoms with E-state index in [4.69, 9.17) is 0 Å². The molecule has 0 saturated heterocycles. The van der Waals surface area contributed by atoms with Gasteiger partial charge in [0.1, 0.15) is 12.0 Å². The van der Waals surface area contributed by atoms with Crippen LogP contribution < -0.4 is 5.32 Å². The minimum atomic E-state index is -0.266. The Hall–Kier alpha value is -3.81.